The molecule has 5 saturated heterocycles. The molecule has 1 N–H and O–H groups in total. The van der Waals surface area contributed by atoms with Gasteiger partial charge in [0.25, 0.3) is 0 Å². The van der Waals surface area contributed by atoms with E-state index in [4.69, 9.17) is 47.0 Å². The third kappa shape index (κ3) is 29.9. The van der Waals surface area contributed by atoms with Crippen LogP contribution in [0.3, 0.4) is 0 Å². The Morgan fingerprint density at radius 3 is 1.60 bits per heavy atom. The SMILES string of the molecule is C.C.C.C.C.C1CCOC1.C=C(C)C(=O)OCC1CO1.C=CCOCC1CO1.CCC(C)(CC(C)(C)c1ccc(COCC2CO2)cc1)C(=O)OCC1CO1.[B].[NH]=[Al]. The molecule has 14 heteroatoms. The molecule has 5 unspecified atom stereocenters. The summed E-state index contributed by atoms with van der Waals surface area (Å²) in [7, 11) is 0. The second-order valence-electron chi connectivity index (χ2n) is 14.1. The number of epoxide rings is 4. The monoisotopic (exact) mass is 838 g/mol. The summed E-state index contributed by atoms with van der Waals surface area (Å²) in [5, 5.41) is 0. The molecule has 1 aromatic carbocycles. The van der Waals surface area contributed by atoms with Gasteiger partial charge in [0.1, 0.15) is 37.6 Å². The molecule has 1 aromatic rings. The van der Waals surface area contributed by atoms with E-state index in [0.29, 0.717) is 64.0 Å². The second kappa shape index (κ2) is 35.5. The molecule has 5 aliphatic heterocycles. The van der Waals surface area contributed by atoms with Gasteiger partial charge >= 0.3 is 32.4 Å². The number of nitrogens with one attached hydrogen (secondary N) is 1. The molecular weight excluding hydrogens is 756 g/mol. The van der Waals surface area contributed by atoms with Crippen molar-refractivity contribution in [1.82, 2.24) is 0 Å². The maximum atomic E-state index is 12.7. The first-order valence-electron chi connectivity index (χ1n) is 18.1. The van der Waals surface area contributed by atoms with Crippen LogP contribution in [-0.4, -0.2) is 134 Å². The quantitative estimate of drug-likeness (QED) is 0.0380. The molecule has 0 spiro atoms. The zero-order valence-corrected chi connectivity index (χ0v) is 33.7. The van der Waals surface area contributed by atoms with Gasteiger partial charge in [-0.15, -0.1) is 6.58 Å². The Labute approximate surface area is 364 Å². The Kier molecular flexibility index (Phi) is 39.7. The molecule has 4 radical (unpaired) electrons. The molecule has 58 heavy (non-hydrogen) atoms. The van der Waals surface area contributed by atoms with Crippen LogP contribution in [0.25, 0.3) is 0 Å². The van der Waals surface area contributed by atoms with Gasteiger partial charge in [-0.05, 0) is 56.1 Å². The van der Waals surface area contributed by atoms with Crippen LogP contribution in [0, 0.1) is 9.76 Å². The molecule has 6 rings (SSSR count). The van der Waals surface area contributed by atoms with Crippen molar-refractivity contribution in [1.29, 1.82) is 4.35 Å². The number of esters is 2. The summed E-state index contributed by atoms with van der Waals surface area (Å²) in [5.41, 5.74) is 2.15. The van der Waals surface area contributed by atoms with Crippen LogP contribution in [-0.2, 0) is 64.2 Å². The molecule has 334 valence electrons. The van der Waals surface area contributed by atoms with Gasteiger partial charge in [-0.3, -0.25) is 4.79 Å². The average Bonchev–Trinajstić information content (AvgIpc) is 3.92. The Balaban J connectivity index is -0.000000250. The van der Waals surface area contributed by atoms with Crippen molar-refractivity contribution in [2.75, 3.05) is 72.7 Å². The van der Waals surface area contributed by atoms with Gasteiger partial charge in [-0.1, -0.05) is 94.8 Å². The topological polar surface area (TPSA) is 154 Å². The van der Waals surface area contributed by atoms with E-state index in [-0.39, 0.29) is 75.1 Å². The van der Waals surface area contributed by atoms with E-state index in [1.165, 1.54) is 18.4 Å². The van der Waals surface area contributed by atoms with Crippen LogP contribution in [0.1, 0.15) is 109 Å². The summed E-state index contributed by atoms with van der Waals surface area (Å²) in [5.74, 6) is -0.462. The third-order valence-electron chi connectivity index (χ3n) is 8.54. The fourth-order valence-corrected chi connectivity index (χ4v) is 4.86. The number of rotatable bonds is 18. The van der Waals surface area contributed by atoms with E-state index >= 15 is 0 Å². The van der Waals surface area contributed by atoms with E-state index in [1.807, 2.05) is 6.92 Å². The minimum absolute atomic E-state index is 0. The maximum absolute atomic E-state index is 12.7. The fourth-order valence-electron chi connectivity index (χ4n) is 4.86. The molecule has 0 amide bonds. The fraction of sp³-hybridized carbons (Fsp3) is 0.727. The second-order valence-corrected chi connectivity index (χ2v) is 14.1. The zero-order valence-electron chi connectivity index (χ0n) is 32.6. The number of benzene rings is 1. The molecule has 0 aliphatic carbocycles. The van der Waals surface area contributed by atoms with Crippen molar-refractivity contribution in [3.05, 3.63) is 60.2 Å². The molecule has 0 saturated carbocycles. The Morgan fingerprint density at radius 2 is 1.22 bits per heavy atom. The van der Waals surface area contributed by atoms with E-state index in [0.717, 1.165) is 51.4 Å². The van der Waals surface area contributed by atoms with Crippen LogP contribution in [0.4, 0.5) is 0 Å². The van der Waals surface area contributed by atoms with Crippen molar-refractivity contribution in [3.8, 4) is 0 Å². The van der Waals surface area contributed by atoms with Crippen molar-refractivity contribution in [3.63, 3.8) is 0 Å². The Morgan fingerprint density at radius 1 is 0.793 bits per heavy atom. The predicted molar refractivity (Wildman–Crippen MR) is 237 cm³/mol. The van der Waals surface area contributed by atoms with Crippen molar-refractivity contribution < 1.29 is 52.2 Å². The number of hydrogen-bond acceptors (Lipinski definition) is 12. The van der Waals surface area contributed by atoms with Gasteiger partial charge in [-0.25, -0.2) is 4.79 Å². The van der Waals surface area contributed by atoms with Crippen molar-refractivity contribution >= 4 is 36.4 Å². The van der Waals surface area contributed by atoms with Gasteiger partial charge in [0.05, 0.1) is 58.3 Å². The summed E-state index contributed by atoms with van der Waals surface area (Å²) in [6, 6.07) is 8.51. The van der Waals surface area contributed by atoms with Gasteiger partial charge in [-0.2, -0.15) is 0 Å². The normalized spacial score (nSPS) is 20.3. The number of ether oxygens (including phenoxy) is 9. The van der Waals surface area contributed by atoms with Crippen LogP contribution in [0.15, 0.2) is 49.1 Å². The first kappa shape index (κ1) is 64.9. The van der Waals surface area contributed by atoms with Gasteiger partial charge < -0.3 is 42.6 Å². The first-order valence-corrected chi connectivity index (χ1v) is 18.7. The molecule has 5 atom stereocenters. The number of carbonyl (C=O) groups excluding carboxylic acids is 2. The summed E-state index contributed by atoms with van der Waals surface area (Å²) in [6.45, 7) is 25.5. The van der Waals surface area contributed by atoms with Crippen molar-refractivity contribution in [2.45, 2.75) is 134 Å². The standard InChI is InChI=1S/C22H32O5.C7H10O3.C6H10O2.C4H8O.5CH4.Al.B.HN/c1-5-22(4,20(23)27-14-19-13-26-19)15-21(2,3)17-8-6-16(7-9-17)10-24-11-18-12-25-18;1-5(2)7(8)10-4-6-3-9-6;1-2-3-7-4-6-5-8-6;1-2-4-5-3-1;;;;;;;;/h6-9,18-19H,5,10-15H2,1-4H3;6H,1,3-4H2,2H3;2,6H,1,3-5H2;1-4H2;5*1H4;;;1H. The van der Waals surface area contributed by atoms with Crippen LogP contribution < -0.4 is 0 Å². The van der Waals surface area contributed by atoms with Crippen LogP contribution >= 0.6 is 0 Å². The summed E-state index contributed by atoms with van der Waals surface area (Å²) in [6.07, 6.45) is 6.69. The summed E-state index contributed by atoms with van der Waals surface area (Å²) < 4.78 is 51.6. The molecule has 5 aliphatic rings. The van der Waals surface area contributed by atoms with Crippen molar-refractivity contribution in [2.24, 2.45) is 5.41 Å². The molecule has 12 nitrogen and oxygen atoms in total. The minimum atomic E-state index is -0.509. The molecule has 5 heterocycles. The molecular formula is C44H81AlBNO11. The van der Waals surface area contributed by atoms with Crippen LogP contribution in [0.2, 0.25) is 0 Å². The van der Waals surface area contributed by atoms with E-state index in [2.05, 4.69) is 58.2 Å². The number of carbonyl (C=O) groups is 2. The summed E-state index contributed by atoms with van der Waals surface area (Å²) in [4.78, 5) is 23.4. The molecule has 0 aromatic heterocycles. The Hall–Kier alpha value is -2.24. The first-order chi connectivity index (χ1) is 25.0. The Bertz CT molecular complexity index is 1190. The predicted octanol–water partition coefficient (Wildman–Crippen LogP) is 8.23. The molecule has 5 fully saturated rings. The van der Waals surface area contributed by atoms with Gasteiger partial charge in [0, 0.05) is 27.2 Å². The van der Waals surface area contributed by atoms with E-state index in [9.17, 15) is 9.59 Å². The summed E-state index contributed by atoms with van der Waals surface area (Å²) >= 11 is 1.67. The van der Waals surface area contributed by atoms with E-state index in [1.54, 1.807) is 29.1 Å². The van der Waals surface area contributed by atoms with Gasteiger partial charge in [0.2, 0.25) is 0 Å². The van der Waals surface area contributed by atoms with Crippen LogP contribution in [0.5, 0.6) is 0 Å². The molecule has 0 bridgehead atoms. The van der Waals surface area contributed by atoms with Gasteiger partial charge in [0.15, 0.2) is 0 Å². The van der Waals surface area contributed by atoms with E-state index < -0.39 is 5.41 Å². The average molecular weight is 838 g/mol. The number of hydrogen-bond donors (Lipinski definition) is 1. The zero-order chi connectivity index (χ0) is 38.4. The third-order valence-corrected chi connectivity index (χ3v) is 8.54.